The summed E-state index contributed by atoms with van der Waals surface area (Å²) in [7, 11) is 0. The number of hydrogen-bond donors (Lipinski definition) is 1. The Balaban J connectivity index is 1.54. The predicted molar refractivity (Wildman–Crippen MR) is 175 cm³/mol. The molecular weight excluding hydrogens is 576 g/mol. The molecule has 1 N–H and O–H groups in total. The SMILES string of the molecule is CCC1=C(c2ccc(C)s2)C(c2ccc(C=CC3C(C)C(F)(F)CC4(O)C(=O)C(C)OC(C)C34C(C)CC)nc2)=CC=CC1. The van der Waals surface area contributed by atoms with Crippen LogP contribution in [0.4, 0.5) is 8.78 Å². The maximum Gasteiger partial charge on any atom is 0.254 e. The van der Waals surface area contributed by atoms with E-state index >= 15 is 8.78 Å². The first-order valence-corrected chi connectivity index (χ1v) is 16.7. The maximum absolute atomic E-state index is 15.7. The van der Waals surface area contributed by atoms with Crippen LogP contribution < -0.4 is 0 Å². The number of aromatic nitrogens is 1. The van der Waals surface area contributed by atoms with Crippen LogP contribution in [0.15, 0.2) is 60.3 Å². The number of halogens is 2. The van der Waals surface area contributed by atoms with Crippen LogP contribution in [-0.2, 0) is 9.53 Å². The number of aryl methyl sites for hydroxylation is 1. The van der Waals surface area contributed by atoms with E-state index in [4.69, 9.17) is 9.72 Å². The number of carbonyl (C=O) groups excluding carboxylic acids is 1. The Morgan fingerprint density at radius 2 is 1.93 bits per heavy atom. The molecule has 7 atom stereocenters. The van der Waals surface area contributed by atoms with Gasteiger partial charge in [0.2, 0.25) is 0 Å². The molecule has 0 amide bonds. The monoisotopic (exact) mass is 621 g/mol. The minimum Gasteiger partial charge on any atom is -0.381 e. The van der Waals surface area contributed by atoms with Crippen LogP contribution >= 0.6 is 11.3 Å². The van der Waals surface area contributed by atoms with Crippen LogP contribution in [0.5, 0.6) is 0 Å². The number of ketones is 1. The number of aliphatic hydroxyl groups is 1. The first-order valence-electron chi connectivity index (χ1n) is 15.9. The molecule has 0 aromatic carbocycles. The molecule has 3 heterocycles. The molecule has 236 valence electrons. The Morgan fingerprint density at radius 3 is 2.55 bits per heavy atom. The van der Waals surface area contributed by atoms with Gasteiger partial charge in [-0.3, -0.25) is 9.78 Å². The summed E-state index contributed by atoms with van der Waals surface area (Å²) < 4.78 is 37.4. The molecule has 5 rings (SSSR count). The van der Waals surface area contributed by atoms with E-state index in [0.717, 1.165) is 24.0 Å². The molecule has 2 aromatic rings. The number of alkyl halides is 2. The zero-order valence-corrected chi connectivity index (χ0v) is 27.7. The molecule has 2 fully saturated rings. The topological polar surface area (TPSA) is 59.4 Å². The quantitative estimate of drug-likeness (QED) is 0.335. The van der Waals surface area contributed by atoms with E-state index in [1.165, 1.54) is 27.8 Å². The highest BCUT2D eigenvalue weighted by atomic mass is 32.1. The Bertz CT molecular complexity index is 1520. The van der Waals surface area contributed by atoms with Gasteiger partial charge in [0, 0.05) is 39.3 Å². The third-order valence-electron chi connectivity index (χ3n) is 10.6. The number of allylic oxidation sites excluding steroid dienone is 7. The maximum atomic E-state index is 15.7. The number of Topliss-reactive ketones (excluding diaryl/α,β-unsaturated/α-hetero) is 1. The number of nitrogens with zero attached hydrogens (tertiary/aromatic N) is 1. The highest BCUT2D eigenvalue weighted by Gasteiger charge is 2.74. The molecule has 3 aliphatic rings. The smallest absolute Gasteiger partial charge is 0.254 e. The number of hydrogen-bond acceptors (Lipinski definition) is 5. The van der Waals surface area contributed by atoms with Gasteiger partial charge in [0.1, 0.15) is 11.7 Å². The van der Waals surface area contributed by atoms with Crippen molar-refractivity contribution in [3.63, 3.8) is 0 Å². The molecular formula is C37H45F2NO3S. The first-order chi connectivity index (χ1) is 20.8. The lowest BCUT2D eigenvalue weighted by molar-refractivity contribution is -0.298. The van der Waals surface area contributed by atoms with E-state index in [0.29, 0.717) is 12.1 Å². The number of carbonyl (C=O) groups is 1. The first kappa shape index (κ1) is 32.6. The summed E-state index contributed by atoms with van der Waals surface area (Å²) >= 11 is 1.79. The molecule has 0 radical (unpaired) electrons. The van der Waals surface area contributed by atoms with Gasteiger partial charge in [-0.25, -0.2) is 8.78 Å². The molecule has 4 nitrogen and oxygen atoms in total. The number of thiophene rings is 1. The summed E-state index contributed by atoms with van der Waals surface area (Å²) in [6, 6.07) is 8.28. The summed E-state index contributed by atoms with van der Waals surface area (Å²) in [5.41, 5.74) is 1.92. The van der Waals surface area contributed by atoms with Gasteiger partial charge < -0.3 is 9.84 Å². The third-order valence-corrected chi connectivity index (χ3v) is 11.6. The van der Waals surface area contributed by atoms with Gasteiger partial charge in [0.25, 0.3) is 5.92 Å². The van der Waals surface area contributed by atoms with Crippen molar-refractivity contribution >= 4 is 34.3 Å². The lowest BCUT2D eigenvalue weighted by Gasteiger charge is -2.64. The molecule has 0 spiro atoms. The molecule has 44 heavy (non-hydrogen) atoms. The Labute approximate surface area is 264 Å². The number of ether oxygens (including phenoxy) is 1. The van der Waals surface area contributed by atoms with E-state index < -0.39 is 53.2 Å². The van der Waals surface area contributed by atoms with Crippen LogP contribution in [0.3, 0.4) is 0 Å². The van der Waals surface area contributed by atoms with E-state index in [-0.39, 0.29) is 5.92 Å². The zero-order valence-electron chi connectivity index (χ0n) is 26.9. The minimum atomic E-state index is -3.23. The molecule has 7 unspecified atom stereocenters. The van der Waals surface area contributed by atoms with Crippen molar-refractivity contribution in [1.29, 1.82) is 0 Å². The third kappa shape index (κ3) is 5.19. The van der Waals surface area contributed by atoms with Crippen LogP contribution in [0, 0.1) is 30.1 Å². The fourth-order valence-corrected chi connectivity index (χ4v) is 9.16. The standard InChI is InChI=1S/C37H45F2NO3S/c1-8-22(3)37-26(7)43-25(6)34(41)35(37,42)21-36(38,39)24(5)31(37)18-17-29-16-15-28(20-40-29)30-13-11-10-12-27(9-2)33(30)32-19-14-23(4)44-32/h10-11,13-20,22,24-26,31,42H,8-9,12,21H2,1-7H3. The minimum absolute atomic E-state index is 0.253. The number of rotatable bonds is 7. The number of pyridine rings is 1. The van der Waals surface area contributed by atoms with Crippen molar-refractivity contribution in [2.75, 3.05) is 0 Å². The Morgan fingerprint density at radius 1 is 1.18 bits per heavy atom. The second kappa shape index (κ2) is 12.2. The van der Waals surface area contributed by atoms with Crippen molar-refractivity contribution in [1.82, 2.24) is 4.98 Å². The average Bonchev–Trinajstić information content (AvgIpc) is 3.30. The van der Waals surface area contributed by atoms with Crippen LogP contribution in [-0.4, -0.2) is 39.6 Å². The fraction of sp³-hybridized carbons (Fsp3) is 0.514. The van der Waals surface area contributed by atoms with Gasteiger partial charge in [-0.2, -0.15) is 0 Å². The second-order valence-electron chi connectivity index (χ2n) is 12.9. The summed E-state index contributed by atoms with van der Waals surface area (Å²) in [5.74, 6) is -6.07. The van der Waals surface area contributed by atoms with Crippen molar-refractivity contribution in [2.45, 2.75) is 97.9 Å². The van der Waals surface area contributed by atoms with Crippen LogP contribution in [0.2, 0.25) is 0 Å². The Hall–Kier alpha value is -2.74. The molecule has 2 aromatic heterocycles. The summed E-state index contributed by atoms with van der Waals surface area (Å²) in [4.78, 5) is 20.7. The van der Waals surface area contributed by atoms with Gasteiger partial charge in [-0.05, 0) is 80.9 Å². The van der Waals surface area contributed by atoms with Crippen LogP contribution in [0.1, 0.15) is 88.2 Å². The van der Waals surface area contributed by atoms with Crippen molar-refractivity contribution < 1.29 is 23.4 Å². The number of fused-ring (bicyclic) bond motifs is 1. The van der Waals surface area contributed by atoms with Gasteiger partial charge in [-0.1, -0.05) is 70.1 Å². The van der Waals surface area contributed by atoms with Crippen molar-refractivity contribution in [3.05, 3.63) is 81.4 Å². The molecule has 7 heteroatoms. The zero-order chi connectivity index (χ0) is 32.0. The van der Waals surface area contributed by atoms with Gasteiger partial charge in [-0.15, -0.1) is 11.3 Å². The summed E-state index contributed by atoms with van der Waals surface area (Å²) in [6.07, 6.45) is 11.8. The van der Waals surface area contributed by atoms with Crippen LogP contribution in [0.25, 0.3) is 17.2 Å². The van der Waals surface area contributed by atoms with E-state index in [1.54, 1.807) is 30.4 Å². The summed E-state index contributed by atoms with van der Waals surface area (Å²) in [6.45, 7) is 13.1. The average molecular weight is 622 g/mol. The van der Waals surface area contributed by atoms with E-state index in [1.807, 2.05) is 39.1 Å². The lowest BCUT2D eigenvalue weighted by atomic mass is 9.44. The van der Waals surface area contributed by atoms with E-state index in [2.05, 4.69) is 44.2 Å². The predicted octanol–water partition coefficient (Wildman–Crippen LogP) is 9.10. The second-order valence-corrected chi connectivity index (χ2v) is 14.2. The molecule has 1 saturated heterocycles. The molecule has 0 bridgehead atoms. The molecule has 2 aliphatic carbocycles. The van der Waals surface area contributed by atoms with E-state index in [9.17, 15) is 9.90 Å². The largest absolute Gasteiger partial charge is 0.381 e. The van der Waals surface area contributed by atoms with Gasteiger partial charge in [0.15, 0.2) is 5.78 Å². The van der Waals surface area contributed by atoms with Gasteiger partial charge in [0.05, 0.1) is 11.8 Å². The lowest BCUT2D eigenvalue weighted by Crippen LogP contribution is -2.76. The Kier molecular flexibility index (Phi) is 9.07. The molecule has 1 saturated carbocycles. The van der Waals surface area contributed by atoms with Gasteiger partial charge >= 0.3 is 0 Å². The highest BCUT2D eigenvalue weighted by molar-refractivity contribution is 7.13. The van der Waals surface area contributed by atoms with Crippen molar-refractivity contribution in [2.24, 2.45) is 23.2 Å². The summed E-state index contributed by atoms with van der Waals surface area (Å²) in [5, 5.41) is 12.1. The fourth-order valence-electron chi connectivity index (χ4n) is 8.19. The molecule has 1 aliphatic heterocycles. The van der Waals surface area contributed by atoms with Crippen molar-refractivity contribution in [3.8, 4) is 0 Å². The highest BCUT2D eigenvalue weighted by Crippen LogP contribution is 2.64. The normalized spacial score (nSPS) is 32.9.